The molecule has 0 radical (unpaired) electrons. The largest absolute Gasteiger partial charge is 0.382 e. The third-order valence-electron chi connectivity index (χ3n) is 2.78. The second-order valence-electron chi connectivity index (χ2n) is 3.73. The van der Waals surface area contributed by atoms with Gasteiger partial charge in [-0.1, -0.05) is 0 Å². The maximum atomic E-state index is 5.81. The second kappa shape index (κ2) is 3.58. The lowest BCUT2D eigenvalue weighted by molar-refractivity contribution is 0.796. The second-order valence-corrected chi connectivity index (χ2v) is 3.73. The number of aromatic amines is 1. The molecule has 0 spiro atoms. The molecule has 0 aromatic carbocycles. The molecule has 0 unspecified atom stereocenters. The molecule has 0 saturated carbocycles. The Balaban J connectivity index is 2.33. The molecule has 6 nitrogen and oxygen atoms in total. The Morgan fingerprint density at radius 2 is 2.35 bits per heavy atom. The van der Waals surface area contributed by atoms with Crippen LogP contribution in [0.15, 0.2) is 24.7 Å². The van der Waals surface area contributed by atoms with Crippen LogP contribution in [0.1, 0.15) is 6.92 Å². The zero-order valence-corrected chi connectivity index (χ0v) is 9.38. The number of H-pyrrole nitrogens is 1. The van der Waals surface area contributed by atoms with Gasteiger partial charge in [0.05, 0.1) is 17.3 Å². The third-order valence-corrected chi connectivity index (χ3v) is 2.78. The van der Waals surface area contributed by atoms with Gasteiger partial charge in [0, 0.05) is 18.9 Å². The van der Waals surface area contributed by atoms with Crippen LogP contribution in [-0.4, -0.2) is 24.7 Å². The van der Waals surface area contributed by atoms with Crippen molar-refractivity contribution in [3.8, 4) is 11.4 Å². The number of anilines is 1. The van der Waals surface area contributed by atoms with Crippen molar-refractivity contribution in [1.82, 2.24) is 24.7 Å². The van der Waals surface area contributed by atoms with E-state index < -0.39 is 0 Å². The number of rotatable bonds is 2. The minimum atomic E-state index is 0.461. The summed E-state index contributed by atoms with van der Waals surface area (Å²) in [6, 6.07) is 1.95. The molecule has 3 N–H and O–H groups in total. The molecule has 0 aliphatic rings. The van der Waals surface area contributed by atoms with Gasteiger partial charge in [-0.2, -0.15) is 5.10 Å². The summed E-state index contributed by atoms with van der Waals surface area (Å²) in [5.41, 5.74) is 8.55. The number of fused-ring (bicyclic) bond motifs is 1. The molecule has 0 saturated heterocycles. The van der Waals surface area contributed by atoms with Crippen LogP contribution in [-0.2, 0) is 6.54 Å². The number of hydrogen-bond acceptors (Lipinski definition) is 4. The Morgan fingerprint density at radius 3 is 3.06 bits per heavy atom. The highest BCUT2D eigenvalue weighted by molar-refractivity contribution is 5.81. The van der Waals surface area contributed by atoms with Crippen molar-refractivity contribution in [3.63, 3.8) is 0 Å². The van der Waals surface area contributed by atoms with E-state index in [2.05, 4.69) is 31.7 Å². The minimum Gasteiger partial charge on any atom is -0.382 e. The van der Waals surface area contributed by atoms with Gasteiger partial charge in [-0.15, -0.1) is 0 Å². The van der Waals surface area contributed by atoms with Crippen LogP contribution in [0, 0.1) is 0 Å². The average molecular weight is 228 g/mol. The van der Waals surface area contributed by atoms with Gasteiger partial charge < -0.3 is 10.3 Å². The lowest BCUT2D eigenvalue weighted by Gasteiger charge is -2.04. The Labute approximate surface area is 97.5 Å². The van der Waals surface area contributed by atoms with E-state index in [0.717, 1.165) is 29.0 Å². The summed E-state index contributed by atoms with van der Waals surface area (Å²) in [5, 5.41) is 6.67. The Kier molecular flexibility index (Phi) is 2.07. The SMILES string of the molecule is CCn1c(-c2c[nH]nc2N)nc2cnccc21. The van der Waals surface area contributed by atoms with Gasteiger partial charge >= 0.3 is 0 Å². The van der Waals surface area contributed by atoms with Crippen LogP contribution < -0.4 is 5.73 Å². The fraction of sp³-hybridized carbons (Fsp3) is 0.182. The number of nitrogens with one attached hydrogen (secondary N) is 1. The molecule has 0 atom stereocenters. The number of aromatic nitrogens is 5. The highest BCUT2D eigenvalue weighted by atomic mass is 15.2. The average Bonchev–Trinajstić information content (AvgIpc) is 2.91. The van der Waals surface area contributed by atoms with Crippen LogP contribution in [0.25, 0.3) is 22.4 Å². The van der Waals surface area contributed by atoms with Gasteiger partial charge in [-0.25, -0.2) is 4.98 Å². The molecule has 0 aliphatic heterocycles. The van der Waals surface area contributed by atoms with Crippen LogP contribution in [0.5, 0.6) is 0 Å². The number of nitrogens with zero attached hydrogens (tertiary/aromatic N) is 4. The molecular formula is C11H12N6. The Hall–Kier alpha value is -2.37. The zero-order chi connectivity index (χ0) is 11.8. The number of imidazole rings is 1. The molecular weight excluding hydrogens is 216 g/mol. The maximum Gasteiger partial charge on any atom is 0.156 e. The Bertz CT molecular complexity index is 665. The number of pyridine rings is 1. The summed E-state index contributed by atoms with van der Waals surface area (Å²) >= 11 is 0. The predicted octanol–water partition coefficient (Wildman–Crippen LogP) is 1.42. The van der Waals surface area contributed by atoms with Crippen LogP contribution >= 0.6 is 0 Å². The first kappa shape index (κ1) is 9.83. The number of nitrogens with two attached hydrogens (primary N) is 1. The van der Waals surface area contributed by atoms with E-state index in [1.165, 1.54) is 0 Å². The summed E-state index contributed by atoms with van der Waals surface area (Å²) in [6.07, 6.45) is 5.27. The highest BCUT2D eigenvalue weighted by Gasteiger charge is 2.14. The Morgan fingerprint density at radius 1 is 1.47 bits per heavy atom. The molecule has 3 rings (SSSR count). The van der Waals surface area contributed by atoms with E-state index in [1.807, 2.05) is 6.07 Å². The van der Waals surface area contributed by atoms with Gasteiger partial charge in [0.15, 0.2) is 5.82 Å². The third kappa shape index (κ3) is 1.37. The first-order valence-corrected chi connectivity index (χ1v) is 5.41. The van der Waals surface area contributed by atoms with Crippen LogP contribution in [0.2, 0.25) is 0 Å². The van der Waals surface area contributed by atoms with E-state index in [4.69, 9.17) is 5.73 Å². The molecule has 3 heterocycles. The van der Waals surface area contributed by atoms with Gasteiger partial charge in [0.1, 0.15) is 11.3 Å². The smallest absolute Gasteiger partial charge is 0.156 e. The van der Waals surface area contributed by atoms with Crippen molar-refractivity contribution in [2.75, 3.05) is 5.73 Å². The molecule has 3 aromatic heterocycles. The molecule has 3 aromatic rings. The molecule has 0 aliphatic carbocycles. The fourth-order valence-corrected chi connectivity index (χ4v) is 1.99. The topological polar surface area (TPSA) is 85.4 Å². The normalized spacial score (nSPS) is 11.1. The van der Waals surface area contributed by atoms with Crippen molar-refractivity contribution in [2.24, 2.45) is 0 Å². The van der Waals surface area contributed by atoms with Crippen molar-refractivity contribution in [2.45, 2.75) is 13.5 Å². The molecule has 0 bridgehead atoms. The summed E-state index contributed by atoms with van der Waals surface area (Å²) in [5.74, 6) is 1.28. The monoisotopic (exact) mass is 228 g/mol. The van der Waals surface area contributed by atoms with E-state index >= 15 is 0 Å². The predicted molar refractivity (Wildman–Crippen MR) is 65.2 cm³/mol. The van der Waals surface area contributed by atoms with Gasteiger partial charge in [-0.05, 0) is 13.0 Å². The molecule has 0 amide bonds. The summed E-state index contributed by atoms with van der Waals surface area (Å²) in [4.78, 5) is 8.62. The first-order valence-electron chi connectivity index (χ1n) is 5.41. The number of hydrogen-bond donors (Lipinski definition) is 2. The number of nitrogen functional groups attached to an aromatic ring is 1. The van der Waals surface area contributed by atoms with E-state index in [1.54, 1.807) is 18.6 Å². The van der Waals surface area contributed by atoms with Crippen molar-refractivity contribution < 1.29 is 0 Å². The van der Waals surface area contributed by atoms with Crippen molar-refractivity contribution >= 4 is 16.9 Å². The summed E-state index contributed by atoms with van der Waals surface area (Å²) < 4.78 is 2.10. The minimum absolute atomic E-state index is 0.461. The van der Waals surface area contributed by atoms with Gasteiger partial charge in [0.2, 0.25) is 0 Å². The van der Waals surface area contributed by atoms with E-state index in [-0.39, 0.29) is 0 Å². The summed E-state index contributed by atoms with van der Waals surface area (Å²) in [7, 11) is 0. The van der Waals surface area contributed by atoms with Crippen LogP contribution in [0.3, 0.4) is 0 Å². The lowest BCUT2D eigenvalue weighted by Crippen LogP contribution is -1.98. The lowest BCUT2D eigenvalue weighted by atomic mass is 10.3. The zero-order valence-electron chi connectivity index (χ0n) is 9.38. The van der Waals surface area contributed by atoms with Gasteiger partial charge in [0.25, 0.3) is 0 Å². The van der Waals surface area contributed by atoms with Crippen molar-refractivity contribution in [3.05, 3.63) is 24.7 Å². The first-order chi connectivity index (χ1) is 8.31. The molecule has 0 fully saturated rings. The van der Waals surface area contributed by atoms with E-state index in [0.29, 0.717) is 5.82 Å². The maximum absolute atomic E-state index is 5.81. The quantitative estimate of drug-likeness (QED) is 0.694. The van der Waals surface area contributed by atoms with Crippen molar-refractivity contribution in [1.29, 1.82) is 0 Å². The molecule has 17 heavy (non-hydrogen) atoms. The van der Waals surface area contributed by atoms with Gasteiger partial charge in [-0.3, -0.25) is 10.1 Å². The summed E-state index contributed by atoms with van der Waals surface area (Å²) in [6.45, 7) is 2.89. The van der Waals surface area contributed by atoms with E-state index in [9.17, 15) is 0 Å². The standard InChI is InChI=1S/C11H12N6/c1-2-17-9-3-4-13-6-8(9)15-11(17)7-5-14-16-10(7)12/h3-6H,2H2,1H3,(H3,12,14,16). The van der Waals surface area contributed by atoms with Crippen LogP contribution in [0.4, 0.5) is 5.82 Å². The fourth-order valence-electron chi connectivity index (χ4n) is 1.99. The highest BCUT2D eigenvalue weighted by Crippen LogP contribution is 2.26. The molecule has 86 valence electrons. The number of aryl methyl sites for hydroxylation is 1. The molecule has 6 heteroatoms.